The van der Waals surface area contributed by atoms with Crippen molar-refractivity contribution in [2.24, 2.45) is 5.92 Å². The molecule has 0 heterocycles. The maximum Gasteiger partial charge on any atom is 0.328 e. The van der Waals surface area contributed by atoms with Crippen molar-refractivity contribution in [3.8, 4) is 0 Å². The second-order valence-electron chi connectivity index (χ2n) is 3.09. The van der Waals surface area contributed by atoms with Crippen molar-refractivity contribution in [1.29, 1.82) is 0 Å². The van der Waals surface area contributed by atoms with E-state index in [1.54, 1.807) is 0 Å². The minimum absolute atomic E-state index is 0.354. The Kier molecular flexibility index (Phi) is 3.28. The molecule has 5 nitrogen and oxygen atoms in total. The number of aliphatic hydroxyl groups excluding tert-OH is 1. The minimum atomic E-state index is -1.80. The number of carboxylic acids is 1. The molecule has 0 bridgehead atoms. The van der Waals surface area contributed by atoms with Crippen LogP contribution < -0.4 is 0 Å². The molecule has 1 aliphatic rings. The molecule has 0 aliphatic heterocycles. The van der Waals surface area contributed by atoms with Crippen LogP contribution in [0, 0.1) is 5.92 Å². The number of hydrogen-bond acceptors (Lipinski definition) is 4. The van der Waals surface area contributed by atoms with Gasteiger partial charge >= 0.3 is 5.97 Å². The van der Waals surface area contributed by atoms with Crippen LogP contribution in [0.4, 0.5) is 0 Å². The van der Waals surface area contributed by atoms with Gasteiger partial charge in [0.25, 0.3) is 0 Å². The number of aliphatic carboxylic acids is 1. The van der Waals surface area contributed by atoms with Crippen LogP contribution in [0.2, 0.25) is 0 Å². The molecule has 15 heavy (non-hydrogen) atoms. The van der Waals surface area contributed by atoms with Crippen LogP contribution in [0.25, 0.3) is 0 Å². The molecule has 0 saturated heterocycles. The first-order valence-electron chi connectivity index (χ1n) is 4.27. The Labute approximate surface area is 86.6 Å². The lowest BCUT2D eigenvalue weighted by atomic mass is 9.98. The molecule has 0 radical (unpaired) electrons. The van der Waals surface area contributed by atoms with Crippen LogP contribution >= 0.6 is 0 Å². The molecule has 0 aromatic carbocycles. The monoisotopic (exact) mass is 212 g/mol. The Hall–Kier alpha value is -1.59. The zero-order valence-electron chi connectivity index (χ0n) is 8.12. The van der Waals surface area contributed by atoms with Crippen LogP contribution in [-0.2, 0) is 9.53 Å². The highest BCUT2D eigenvalue weighted by molar-refractivity contribution is 5.79. The van der Waals surface area contributed by atoms with Crippen molar-refractivity contribution in [2.75, 3.05) is 7.11 Å². The number of methoxy groups -OCH3 is 1. The van der Waals surface area contributed by atoms with Gasteiger partial charge in [-0.05, 0) is 12.2 Å². The van der Waals surface area contributed by atoms with E-state index in [-0.39, 0.29) is 11.7 Å². The summed E-state index contributed by atoms with van der Waals surface area (Å²) >= 11 is 0. The predicted octanol–water partition coefficient (Wildman–Crippen LogP) is 0.590. The summed E-state index contributed by atoms with van der Waals surface area (Å²) in [6, 6.07) is 0. The topological polar surface area (TPSA) is 87.0 Å². The predicted molar refractivity (Wildman–Crippen MR) is 52.1 cm³/mol. The van der Waals surface area contributed by atoms with Gasteiger partial charge in [0.05, 0.1) is 0 Å². The fourth-order valence-electron chi connectivity index (χ4n) is 1.17. The molecule has 0 aromatic rings. The third kappa shape index (κ3) is 2.68. The van der Waals surface area contributed by atoms with E-state index >= 15 is 0 Å². The van der Waals surface area contributed by atoms with E-state index in [1.807, 2.05) is 0 Å². The Morgan fingerprint density at radius 2 is 2.33 bits per heavy atom. The molecule has 3 N–H and O–H groups in total. The molecular weight excluding hydrogens is 200 g/mol. The first-order valence-corrected chi connectivity index (χ1v) is 4.27. The van der Waals surface area contributed by atoms with Crippen LogP contribution in [0.3, 0.4) is 0 Å². The summed E-state index contributed by atoms with van der Waals surface area (Å²) in [6.45, 7) is 0. The number of carbonyl (C=O) groups is 1. The zero-order chi connectivity index (χ0) is 11.5. The molecule has 0 aromatic heterocycles. The van der Waals surface area contributed by atoms with Gasteiger partial charge in [-0.15, -0.1) is 0 Å². The summed E-state index contributed by atoms with van der Waals surface area (Å²) in [5.74, 6) is -3.58. The zero-order valence-corrected chi connectivity index (χ0v) is 8.12. The molecule has 5 heteroatoms. The van der Waals surface area contributed by atoms with Gasteiger partial charge < -0.3 is 20.1 Å². The number of ether oxygens (including phenoxy) is 1. The van der Waals surface area contributed by atoms with Crippen LogP contribution in [0.1, 0.15) is 0 Å². The van der Waals surface area contributed by atoms with Gasteiger partial charge in [-0.25, -0.2) is 4.79 Å². The SMILES string of the molecule is COC1(O)C=CC(/C=C/C(=O)O)C=C1O. The lowest BCUT2D eigenvalue weighted by molar-refractivity contribution is -0.139. The van der Waals surface area contributed by atoms with Gasteiger partial charge in [0.15, 0.2) is 5.76 Å². The summed E-state index contributed by atoms with van der Waals surface area (Å²) in [5, 5.41) is 27.4. The average molecular weight is 212 g/mol. The summed E-state index contributed by atoms with van der Waals surface area (Å²) in [5.41, 5.74) is 0. The summed E-state index contributed by atoms with van der Waals surface area (Å²) in [6.07, 6.45) is 6.45. The Balaban J connectivity index is 2.79. The molecule has 0 fully saturated rings. The molecule has 0 saturated carbocycles. The second-order valence-corrected chi connectivity index (χ2v) is 3.09. The Morgan fingerprint density at radius 3 is 2.80 bits per heavy atom. The van der Waals surface area contributed by atoms with E-state index in [0.717, 1.165) is 6.08 Å². The molecule has 0 amide bonds. The van der Waals surface area contributed by atoms with E-state index < -0.39 is 11.8 Å². The van der Waals surface area contributed by atoms with Crippen LogP contribution in [0.15, 0.2) is 36.1 Å². The Bertz CT molecular complexity index is 342. The van der Waals surface area contributed by atoms with Crippen molar-refractivity contribution in [1.82, 2.24) is 0 Å². The van der Waals surface area contributed by atoms with Gasteiger partial charge in [0.1, 0.15) is 0 Å². The summed E-state index contributed by atoms with van der Waals surface area (Å²) in [7, 11) is 1.25. The molecule has 0 spiro atoms. The van der Waals surface area contributed by atoms with E-state index in [0.29, 0.717) is 0 Å². The van der Waals surface area contributed by atoms with Gasteiger partial charge in [-0.3, -0.25) is 0 Å². The summed E-state index contributed by atoms with van der Waals surface area (Å²) in [4.78, 5) is 10.2. The highest BCUT2D eigenvalue weighted by Gasteiger charge is 2.31. The molecule has 1 rings (SSSR count). The number of rotatable bonds is 3. The van der Waals surface area contributed by atoms with Crippen molar-refractivity contribution < 1.29 is 24.9 Å². The normalized spacial score (nSPS) is 30.5. The number of carboxylic acid groups (broad SMARTS) is 1. The molecule has 2 atom stereocenters. The van der Waals surface area contributed by atoms with Crippen molar-refractivity contribution in [2.45, 2.75) is 5.79 Å². The first-order chi connectivity index (χ1) is 6.98. The molecular formula is C10H12O5. The van der Waals surface area contributed by atoms with E-state index in [9.17, 15) is 15.0 Å². The van der Waals surface area contributed by atoms with E-state index in [4.69, 9.17) is 5.11 Å². The summed E-state index contributed by atoms with van der Waals surface area (Å²) < 4.78 is 4.67. The number of allylic oxidation sites excluding steroid dienone is 3. The van der Waals surface area contributed by atoms with Crippen molar-refractivity contribution >= 4 is 5.97 Å². The van der Waals surface area contributed by atoms with Gasteiger partial charge in [-0.1, -0.05) is 12.2 Å². The van der Waals surface area contributed by atoms with Crippen molar-refractivity contribution in [3.05, 3.63) is 36.1 Å². The maximum atomic E-state index is 10.2. The highest BCUT2D eigenvalue weighted by Crippen LogP contribution is 2.25. The van der Waals surface area contributed by atoms with Crippen LogP contribution in [-0.4, -0.2) is 34.2 Å². The molecule has 2 unspecified atom stereocenters. The smallest absolute Gasteiger partial charge is 0.328 e. The quantitative estimate of drug-likeness (QED) is 0.362. The minimum Gasteiger partial charge on any atom is -0.507 e. The molecule has 1 aliphatic carbocycles. The maximum absolute atomic E-state index is 10.2. The third-order valence-corrected chi connectivity index (χ3v) is 2.03. The third-order valence-electron chi connectivity index (χ3n) is 2.03. The lowest BCUT2D eigenvalue weighted by Crippen LogP contribution is -2.33. The Morgan fingerprint density at radius 1 is 1.67 bits per heavy atom. The fraction of sp³-hybridized carbons (Fsp3) is 0.300. The largest absolute Gasteiger partial charge is 0.507 e. The number of hydrogen-bond donors (Lipinski definition) is 3. The second kappa shape index (κ2) is 4.29. The van der Waals surface area contributed by atoms with Gasteiger partial charge in [0, 0.05) is 19.1 Å². The van der Waals surface area contributed by atoms with E-state index in [2.05, 4.69) is 4.74 Å². The average Bonchev–Trinajstić information content (AvgIpc) is 2.20. The highest BCUT2D eigenvalue weighted by atomic mass is 16.6. The fourth-order valence-corrected chi connectivity index (χ4v) is 1.17. The van der Waals surface area contributed by atoms with Gasteiger partial charge in [0.2, 0.25) is 5.79 Å². The van der Waals surface area contributed by atoms with Crippen molar-refractivity contribution in [3.63, 3.8) is 0 Å². The first kappa shape index (κ1) is 11.5. The van der Waals surface area contributed by atoms with Crippen LogP contribution in [0.5, 0.6) is 0 Å². The van der Waals surface area contributed by atoms with E-state index in [1.165, 1.54) is 31.4 Å². The standard InChI is InChI=1S/C10H12O5/c1-15-10(14)5-4-7(6-8(10)11)2-3-9(12)13/h2-7,11,14H,1H3,(H,12,13)/b3-2+. The lowest BCUT2D eigenvalue weighted by Gasteiger charge is -2.25. The molecule has 82 valence electrons. The number of aliphatic hydroxyl groups is 2. The van der Waals surface area contributed by atoms with Gasteiger partial charge in [-0.2, -0.15) is 0 Å².